The molecule has 13 nitrogen and oxygen atoms in total. The number of ether oxygens (including phenoxy) is 1. The Morgan fingerprint density at radius 3 is 2.36 bits per heavy atom. The topological polar surface area (TPSA) is 189 Å². The Morgan fingerprint density at radius 2 is 1.69 bits per heavy atom. The van der Waals surface area contributed by atoms with Crippen LogP contribution in [0, 0.1) is 20.8 Å². The zero-order valence-electron chi connectivity index (χ0n) is 23.8. The molecule has 0 saturated carbocycles. The second-order valence-electron chi connectivity index (χ2n) is 9.72. The number of carboxylic acid groups (broad SMARTS) is 2. The van der Waals surface area contributed by atoms with Gasteiger partial charge >= 0.3 is 17.8 Å². The molecule has 0 aliphatic rings. The summed E-state index contributed by atoms with van der Waals surface area (Å²) in [5.41, 5.74) is 5.02. The molecule has 1 atom stereocenters. The number of carbonyl (C=O) groups excluding carboxylic acids is 1. The number of aliphatic carboxylic acids is 2. The molecular weight excluding hydrogens is 544 g/mol. The number of aryl methyl sites for hydroxylation is 3. The van der Waals surface area contributed by atoms with Crippen LogP contribution in [0.4, 0.5) is 10.6 Å². The molecule has 0 radical (unpaired) electrons. The van der Waals surface area contributed by atoms with Crippen molar-refractivity contribution >= 4 is 34.9 Å². The highest BCUT2D eigenvalue weighted by Crippen LogP contribution is 2.18. The highest BCUT2D eigenvalue weighted by molar-refractivity contribution is 5.77. The van der Waals surface area contributed by atoms with Gasteiger partial charge in [-0.1, -0.05) is 30.3 Å². The molecule has 5 N–H and O–H groups in total. The fourth-order valence-corrected chi connectivity index (χ4v) is 4.02. The number of rotatable bonds is 10. The Labute approximate surface area is 241 Å². The van der Waals surface area contributed by atoms with Gasteiger partial charge in [-0.2, -0.15) is 4.98 Å². The number of carbonyl (C=O) groups is 3. The second-order valence-corrected chi connectivity index (χ2v) is 9.72. The maximum Gasteiger partial charge on any atom is 0.407 e. The summed E-state index contributed by atoms with van der Waals surface area (Å²) in [6.45, 7) is 7.23. The first-order valence-electron chi connectivity index (χ1n) is 13.1. The van der Waals surface area contributed by atoms with E-state index in [4.69, 9.17) is 14.6 Å². The first-order valence-corrected chi connectivity index (χ1v) is 13.1. The van der Waals surface area contributed by atoms with E-state index in [2.05, 4.69) is 25.6 Å². The third-order valence-electron chi connectivity index (χ3n) is 6.12. The van der Waals surface area contributed by atoms with Crippen LogP contribution >= 0.6 is 0 Å². The van der Waals surface area contributed by atoms with Crippen LogP contribution in [0.15, 0.2) is 53.5 Å². The largest absolute Gasteiger partial charge is 0.481 e. The minimum Gasteiger partial charge on any atom is -0.481 e. The molecule has 2 aromatic heterocycles. The molecule has 222 valence electrons. The van der Waals surface area contributed by atoms with Crippen LogP contribution in [0.5, 0.6) is 0 Å². The molecule has 4 rings (SSSR count). The quantitative estimate of drug-likeness (QED) is 0.186. The Morgan fingerprint density at radius 1 is 1.02 bits per heavy atom. The lowest BCUT2D eigenvalue weighted by molar-refractivity contribution is -0.137. The van der Waals surface area contributed by atoms with Crippen LogP contribution < -0.4 is 16.3 Å². The highest BCUT2D eigenvalue weighted by Gasteiger charge is 2.19. The first-order chi connectivity index (χ1) is 19.9. The maximum absolute atomic E-state index is 12.7. The zero-order valence-corrected chi connectivity index (χ0v) is 23.8. The first kappa shape index (κ1) is 31.3. The van der Waals surface area contributed by atoms with Gasteiger partial charge in [0.1, 0.15) is 18.2 Å². The zero-order chi connectivity index (χ0) is 30.8. The van der Waals surface area contributed by atoms with Crippen LogP contribution in [0.2, 0.25) is 0 Å². The summed E-state index contributed by atoms with van der Waals surface area (Å²) in [5, 5.41) is 22.4. The monoisotopic (exact) mass is 578 g/mol. The summed E-state index contributed by atoms with van der Waals surface area (Å²) in [4.78, 5) is 57.4. The van der Waals surface area contributed by atoms with Crippen molar-refractivity contribution in [3.63, 3.8) is 0 Å². The molecule has 1 amide bonds. The number of hydrogen-bond acceptors (Lipinski definition) is 8. The molecule has 2 aromatic carbocycles. The van der Waals surface area contributed by atoms with Crippen molar-refractivity contribution in [1.82, 2.24) is 24.8 Å². The lowest BCUT2D eigenvalue weighted by Crippen LogP contribution is -2.42. The van der Waals surface area contributed by atoms with E-state index in [9.17, 15) is 19.5 Å². The molecular formula is C29H34N6O7. The number of hydrogen-bond donors (Lipinski definition) is 5. The number of alkyl carbamates (subject to hydrolysis) is 1. The van der Waals surface area contributed by atoms with Crippen LogP contribution in [0.3, 0.4) is 0 Å². The standard InChI is InChI=1S/C27H30N6O5.C2H4O2/c1-16-9-21-22(10-17(16)2)31-23(30-21)12-28-25-18(3)13-33(26(36)32-25)14-20(11-24(34)35)29-27(37)38-15-19-7-5-4-6-8-19;1-2(3)4/h4-10,13,20H,11-12,14-15H2,1-3H3,(H,29,37)(H,30,31)(H,34,35)(H,28,32,36);1H3,(H,3,4). The minimum atomic E-state index is -1.12. The van der Waals surface area contributed by atoms with Crippen LogP contribution in [0.1, 0.15) is 41.4 Å². The van der Waals surface area contributed by atoms with E-state index in [1.54, 1.807) is 13.1 Å². The van der Waals surface area contributed by atoms with Gasteiger partial charge in [0.15, 0.2) is 0 Å². The van der Waals surface area contributed by atoms with Crippen molar-refractivity contribution < 1.29 is 29.3 Å². The molecule has 0 aliphatic heterocycles. The van der Waals surface area contributed by atoms with Crippen molar-refractivity contribution in [3.05, 3.63) is 87.2 Å². The molecule has 13 heteroatoms. The number of nitrogens with zero attached hydrogens (tertiary/aromatic N) is 3. The predicted molar refractivity (Wildman–Crippen MR) is 155 cm³/mol. The third kappa shape index (κ3) is 9.47. The van der Waals surface area contributed by atoms with Crippen molar-refractivity contribution in [2.75, 3.05) is 5.32 Å². The number of imidazole rings is 1. The number of anilines is 1. The van der Waals surface area contributed by atoms with Gasteiger partial charge in [-0.05, 0) is 49.6 Å². The van der Waals surface area contributed by atoms with Crippen LogP contribution in [-0.2, 0) is 34.0 Å². The molecule has 0 aliphatic carbocycles. The fourth-order valence-electron chi connectivity index (χ4n) is 4.02. The fraction of sp³-hybridized carbons (Fsp3) is 0.310. The molecule has 42 heavy (non-hydrogen) atoms. The van der Waals surface area contributed by atoms with Gasteiger partial charge in [-0.15, -0.1) is 0 Å². The normalized spacial score (nSPS) is 11.2. The predicted octanol–water partition coefficient (Wildman–Crippen LogP) is 3.52. The molecule has 1 unspecified atom stereocenters. The van der Waals surface area contributed by atoms with E-state index in [1.165, 1.54) is 10.1 Å². The van der Waals surface area contributed by atoms with E-state index in [-0.39, 0.29) is 13.2 Å². The Kier molecular flexibility index (Phi) is 10.8. The molecule has 2 heterocycles. The Hall–Kier alpha value is -5.20. The Bertz CT molecular complexity index is 1570. The van der Waals surface area contributed by atoms with Gasteiger partial charge < -0.3 is 30.6 Å². The number of nitrogens with one attached hydrogen (secondary N) is 3. The van der Waals surface area contributed by atoms with E-state index in [1.807, 2.05) is 56.3 Å². The lowest BCUT2D eigenvalue weighted by Gasteiger charge is -2.19. The number of fused-ring (bicyclic) bond motifs is 1. The lowest BCUT2D eigenvalue weighted by atomic mass is 10.1. The van der Waals surface area contributed by atoms with E-state index in [0.29, 0.717) is 23.8 Å². The second kappa shape index (κ2) is 14.4. The van der Waals surface area contributed by atoms with Crippen LogP contribution in [-0.4, -0.2) is 53.8 Å². The van der Waals surface area contributed by atoms with Gasteiger partial charge in [0.25, 0.3) is 5.97 Å². The van der Waals surface area contributed by atoms with Crippen molar-refractivity contribution in [2.24, 2.45) is 0 Å². The SMILES string of the molecule is CC(=O)O.Cc1cc2nc(CNc3nc(=O)n(CC(CC(=O)O)NC(=O)OCc4ccccc4)cc3C)[nH]c2cc1C. The summed E-state index contributed by atoms with van der Waals surface area (Å²) in [6, 6.07) is 12.3. The number of carboxylic acids is 2. The molecule has 0 spiro atoms. The number of H-pyrrole nitrogens is 1. The number of benzene rings is 2. The van der Waals surface area contributed by atoms with Crippen molar-refractivity contribution in [3.8, 4) is 0 Å². The Balaban J connectivity index is 0.00000114. The van der Waals surface area contributed by atoms with Gasteiger partial charge in [0, 0.05) is 25.2 Å². The highest BCUT2D eigenvalue weighted by atomic mass is 16.5. The van der Waals surface area contributed by atoms with Crippen molar-refractivity contribution in [2.45, 2.75) is 59.9 Å². The molecule has 0 bridgehead atoms. The summed E-state index contributed by atoms with van der Waals surface area (Å²) >= 11 is 0. The van der Waals surface area contributed by atoms with Crippen LogP contribution in [0.25, 0.3) is 11.0 Å². The van der Waals surface area contributed by atoms with Gasteiger partial charge in [0.05, 0.1) is 30.0 Å². The summed E-state index contributed by atoms with van der Waals surface area (Å²) < 4.78 is 6.47. The van der Waals surface area contributed by atoms with E-state index in [0.717, 1.165) is 29.1 Å². The van der Waals surface area contributed by atoms with Gasteiger partial charge in [0.2, 0.25) is 0 Å². The number of amides is 1. The van der Waals surface area contributed by atoms with E-state index < -0.39 is 36.2 Å². The number of aromatic nitrogens is 4. The van der Waals surface area contributed by atoms with Gasteiger partial charge in [-0.25, -0.2) is 14.6 Å². The smallest absolute Gasteiger partial charge is 0.407 e. The van der Waals surface area contributed by atoms with E-state index >= 15 is 0 Å². The minimum absolute atomic E-state index is 0.0396. The summed E-state index contributed by atoms with van der Waals surface area (Å²) in [6.07, 6.45) is 0.415. The average Bonchev–Trinajstić information content (AvgIpc) is 3.30. The molecule has 0 saturated heterocycles. The average molecular weight is 579 g/mol. The number of aromatic amines is 1. The summed E-state index contributed by atoms with van der Waals surface area (Å²) in [7, 11) is 0. The summed E-state index contributed by atoms with van der Waals surface area (Å²) in [5.74, 6) is -0.857. The molecule has 4 aromatic rings. The van der Waals surface area contributed by atoms with Crippen molar-refractivity contribution in [1.29, 1.82) is 0 Å². The van der Waals surface area contributed by atoms with Gasteiger partial charge in [-0.3, -0.25) is 14.2 Å². The third-order valence-corrected chi connectivity index (χ3v) is 6.12. The molecule has 0 fully saturated rings. The maximum atomic E-state index is 12.7.